The fraction of sp³-hybridized carbons (Fsp3) is 0.0625. The highest BCUT2D eigenvalue weighted by Crippen LogP contribution is 2.22. The van der Waals surface area contributed by atoms with E-state index in [9.17, 15) is 4.79 Å². The summed E-state index contributed by atoms with van der Waals surface area (Å²) in [5.74, 6) is 0. The SMILES string of the molecule is Cc1ccc(-c2nn(-c3cccnc3)cc2C=O)cc1. The quantitative estimate of drug-likeness (QED) is 0.682. The van der Waals surface area contributed by atoms with Gasteiger partial charge < -0.3 is 0 Å². The van der Waals surface area contributed by atoms with Crippen LogP contribution in [0, 0.1) is 6.92 Å². The van der Waals surface area contributed by atoms with Crippen molar-refractivity contribution in [1.29, 1.82) is 0 Å². The Balaban J connectivity index is 2.10. The van der Waals surface area contributed by atoms with Crippen LogP contribution in [-0.4, -0.2) is 21.1 Å². The highest BCUT2D eigenvalue weighted by molar-refractivity contribution is 5.85. The Morgan fingerprint density at radius 3 is 2.60 bits per heavy atom. The molecule has 0 spiro atoms. The zero-order valence-electron chi connectivity index (χ0n) is 11.0. The first-order chi connectivity index (χ1) is 9.78. The first-order valence-electron chi connectivity index (χ1n) is 6.30. The molecule has 0 saturated heterocycles. The van der Waals surface area contributed by atoms with Crippen molar-refractivity contribution in [2.45, 2.75) is 6.92 Å². The van der Waals surface area contributed by atoms with Crippen molar-refractivity contribution in [1.82, 2.24) is 14.8 Å². The molecule has 0 amide bonds. The molecule has 0 fully saturated rings. The van der Waals surface area contributed by atoms with Crippen LogP contribution in [0.1, 0.15) is 15.9 Å². The van der Waals surface area contributed by atoms with Crippen molar-refractivity contribution >= 4 is 6.29 Å². The molecule has 0 radical (unpaired) electrons. The number of carbonyl (C=O) groups is 1. The van der Waals surface area contributed by atoms with Gasteiger partial charge in [-0.3, -0.25) is 9.78 Å². The molecule has 98 valence electrons. The summed E-state index contributed by atoms with van der Waals surface area (Å²) in [6, 6.07) is 11.7. The van der Waals surface area contributed by atoms with Crippen LogP contribution in [0.15, 0.2) is 55.0 Å². The second kappa shape index (κ2) is 5.09. The fourth-order valence-electron chi connectivity index (χ4n) is 2.03. The van der Waals surface area contributed by atoms with Crippen LogP contribution in [0.4, 0.5) is 0 Å². The molecule has 0 bridgehead atoms. The molecule has 0 aliphatic carbocycles. The molecule has 2 heterocycles. The van der Waals surface area contributed by atoms with Crippen molar-refractivity contribution in [3.63, 3.8) is 0 Å². The lowest BCUT2D eigenvalue weighted by Gasteiger charge is -2.00. The van der Waals surface area contributed by atoms with E-state index in [-0.39, 0.29) is 0 Å². The van der Waals surface area contributed by atoms with Crippen LogP contribution >= 0.6 is 0 Å². The van der Waals surface area contributed by atoms with Crippen molar-refractivity contribution in [2.75, 3.05) is 0 Å². The van der Waals surface area contributed by atoms with Gasteiger partial charge in [-0.1, -0.05) is 29.8 Å². The monoisotopic (exact) mass is 263 g/mol. The molecule has 2 aromatic heterocycles. The van der Waals surface area contributed by atoms with Crippen LogP contribution in [0.25, 0.3) is 16.9 Å². The number of hydrogen-bond acceptors (Lipinski definition) is 3. The van der Waals surface area contributed by atoms with E-state index < -0.39 is 0 Å². The first-order valence-corrected chi connectivity index (χ1v) is 6.30. The van der Waals surface area contributed by atoms with Crippen molar-refractivity contribution in [2.24, 2.45) is 0 Å². The molecule has 1 aromatic carbocycles. The predicted octanol–water partition coefficient (Wildman–Crippen LogP) is 3.06. The summed E-state index contributed by atoms with van der Waals surface area (Å²) in [5.41, 5.74) is 4.18. The molecule has 3 rings (SSSR count). The molecule has 20 heavy (non-hydrogen) atoms. The van der Waals surface area contributed by atoms with Crippen LogP contribution in [0.2, 0.25) is 0 Å². The van der Waals surface area contributed by atoms with Gasteiger partial charge in [0.1, 0.15) is 5.69 Å². The molecule has 0 atom stereocenters. The summed E-state index contributed by atoms with van der Waals surface area (Å²) >= 11 is 0. The number of aryl methyl sites for hydroxylation is 1. The maximum Gasteiger partial charge on any atom is 0.153 e. The summed E-state index contributed by atoms with van der Waals surface area (Å²) < 4.78 is 1.67. The molecule has 4 nitrogen and oxygen atoms in total. The van der Waals surface area contributed by atoms with E-state index in [4.69, 9.17) is 0 Å². The van der Waals surface area contributed by atoms with Crippen LogP contribution in [0.5, 0.6) is 0 Å². The smallest absolute Gasteiger partial charge is 0.153 e. The Kier molecular flexibility index (Phi) is 3.13. The largest absolute Gasteiger partial charge is 0.298 e. The second-order valence-corrected chi connectivity index (χ2v) is 4.57. The number of carbonyl (C=O) groups excluding carboxylic acids is 1. The second-order valence-electron chi connectivity index (χ2n) is 4.57. The third kappa shape index (κ3) is 2.23. The maximum absolute atomic E-state index is 11.2. The zero-order chi connectivity index (χ0) is 13.9. The van der Waals surface area contributed by atoms with Gasteiger partial charge in [-0.25, -0.2) is 4.68 Å². The van der Waals surface area contributed by atoms with Crippen molar-refractivity contribution in [3.8, 4) is 16.9 Å². The average Bonchev–Trinajstić information content (AvgIpc) is 2.93. The molecular weight excluding hydrogens is 250 g/mol. The fourth-order valence-corrected chi connectivity index (χ4v) is 2.03. The van der Waals surface area contributed by atoms with Crippen LogP contribution in [0.3, 0.4) is 0 Å². The van der Waals surface area contributed by atoms with Gasteiger partial charge in [-0.05, 0) is 19.1 Å². The van der Waals surface area contributed by atoms with Gasteiger partial charge in [0.15, 0.2) is 6.29 Å². The van der Waals surface area contributed by atoms with Crippen molar-refractivity contribution < 1.29 is 4.79 Å². The van der Waals surface area contributed by atoms with Gasteiger partial charge in [-0.15, -0.1) is 0 Å². The lowest BCUT2D eigenvalue weighted by Crippen LogP contribution is -1.95. The summed E-state index contributed by atoms with van der Waals surface area (Å²) in [7, 11) is 0. The van der Waals surface area contributed by atoms with E-state index in [2.05, 4.69) is 10.1 Å². The zero-order valence-corrected chi connectivity index (χ0v) is 11.0. The molecule has 0 aliphatic heterocycles. The molecule has 4 heteroatoms. The highest BCUT2D eigenvalue weighted by atomic mass is 16.1. The average molecular weight is 263 g/mol. The minimum atomic E-state index is 0.567. The molecular formula is C16H13N3O. The van der Waals surface area contributed by atoms with E-state index in [1.807, 2.05) is 43.3 Å². The van der Waals surface area contributed by atoms with Gasteiger partial charge in [0, 0.05) is 18.0 Å². The number of hydrogen-bond donors (Lipinski definition) is 0. The summed E-state index contributed by atoms with van der Waals surface area (Å²) in [5, 5.41) is 4.50. The van der Waals surface area contributed by atoms with E-state index in [0.717, 1.165) is 17.5 Å². The van der Waals surface area contributed by atoms with Crippen molar-refractivity contribution in [3.05, 3.63) is 66.1 Å². The Hall–Kier alpha value is -2.75. The van der Waals surface area contributed by atoms with Gasteiger partial charge in [0.25, 0.3) is 0 Å². The standard InChI is InChI=1S/C16H13N3O/c1-12-4-6-13(7-5-12)16-14(11-20)10-19(18-16)15-3-2-8-17-9-15/h2-11H,1H3. The third-order valence-electron chi connectivity index (χ3n) is 3.10. The van der Waals surface area contributed by atoms with E-state index >= 15 is 0 Å². The lowest BCUT2D eigenvalue weighted by molar-refractivity contribution is 0.112. The number of aldehydes is 1. The molecule has 0 N–H and O–H groups in total. The Labute approximate surface area is 116 Å². The van der Waals surface area contributed by atoms with Crippen LogP contribution < -0.4 is 0 Å². The third-order valence-corrected chi connectivity index (χ3v) is 3.10. The van der Waals surface area contributed by atoms with Gasteiger partial charge in [-0.2, -0.15) is 5.10 Å². The predicted molar refractivity (Wildman–Crippen MR) is 76.9 cm³/mol. The molecule has 0 aliphatic rings. The number of benzene rings is 1. The van der Waals surface area contributed by atoms with Gasteiger partial charge >= 0.3 is 0 Å². The van der Waals surface area contributed by atoms with Crippen LogP contribution in [-0.2, 0) is 0 Å². The normalized spacial score (nSPS) is 10.4. The van der Waals surface area contributed by atoms with Gasteiger partial charge in [0.05, 0.1) is 17.4 Å². The summed E-state index contributed by atoms with van der Waals surface area (Å²) in [4.78, 5) is 15.3. The minimum absolute atomic E-state index is 0.567. The van der Waals surface area contributed by atoms with E-state index in [0.29, 0.717) is 11.3 Å². The minimum Gasteiger partial charge on any atom is -0.298 e. The number of aromatic nitrogens is 3. The Bertz CT molecular complexity index is 730. The molecule has 3 aromatic rings. The van der Waals surface area contributed by atoms with Gasteiger partial charge in [0.2, 0.25) is 0 Å². The molecule has 0 unspecified atom stereocenters. The Morgan fingerprint density at radius 1 is 1.15 bits per heavy atom. The lowest BCUT2D eigenvalue weighted by atomic mass is 10.1. The summed E-state index contributed by atoms with van der Waals surface area (Å²) in [6.07, 6.45) is 5.96. The number of nitrogens with zero attached hydrogens (tertiary/aromatic N) is 3. The topological polar surface area (TPSA) is 47.8 Å². The number of pyridine rings is 1. The van der Waals surface area contributed by atoms with E-state index in [1.165, 1.54) is 5.56 Å². The number of rotatable bonds is 3. The maximum atomic E-state index is 11.2. The Morgan fingerprint density at radius 2 is 1.95 bits per heavy atom. The molecule has 0 saturated carbocycles. The van der Waals surface area contributed by atoms with E-state index in [1.54, 1.807) is 23.3 Å². The summed E-state index contributed by atoms with van der Waals surface area (Å²) in [6.45, 7) is 2.03. The highest BCUT2D eigenvalue weighted by Gasteiger charge is 2.11. The first kappa shape index (κ1) is 12.3.